The Hall–Kier alpha value is -2.67. The van der Waals surface area contributed by atoms with Crippen LogP contribution in [0.3, 0.4) is 0 Å². The van der Waals surface area contributed by atoms with Gasteiger partial charge in [0.15, 0.2) is 0 Å². The van der Waals surface area contributed by atoms with Crippen LogP contribution in [-0.2, 0) is 21.3 Å². The molecule has 0 heterocycles. The Balaban J connectivity index is 1.99. The van der Waals surface area contributed by atoms with E-state index in [2.05, 4.69) is 0 Å². The van der Waals surface area contributed by atoms with Crippen molar-refractivity contribution in [2.24, 2.45) is 0 Å². The lowest BCUT2D eigenvalue weighted by Crippen LogP contribution is -2.33. The van der Waals surface area contributed by atoms with Crippen molar-refractivity contribution in [1.29, 1.82) is 0 Å². The molecule has 0 bridgehead atoms. The number of ether oxygens (including phenoxy) is 1. The second-order valence-electron chi connectivity index (χ2n) is 6.78. The first-order valence-electron chi connectivity index (χ1n) is 9.32. The van der Waals surface area contributed by atoms with Gasteiger partial charge in [0.05, 0.1) is 17.6 Å². The van der Waals surface area contributed by atoms with Crippen LogP contribution in [0.5, 0.6) is 0 Å². The highest BCUT2D eigenvalue weighted by Crippen LogP contribution is 2.30. The number of halogens is 1. The number of carbonyl (C=O) groups is 1. The first kappa shape index (κ1) is 22.0. The smallest absolute Gasteiger partial charge is 0.337 e. The van der Waals surface area contributed by atoms with E-state index in [1.54, 1.807) is 36.4 Å². The summed E-state index contributed by atoms with van der Waals surface area (Å²) >= 11 is 5.94. The molecule has 0 saturated carbocycles. The Morgan fingerprint density at radius 1 is 0.967 bits per heavy atom. The molecule has 3 aromatic rings. The summed E-state index contributed by atoms with van der Waals surface area (Å²) in [4.78, 5) is 11.8. The molecule has 0 N–H and O–H groups in total. The summed E-state index contributed by atoms with van der Waals surface area (Å²) in [7, 11) is -2.49. The van der Waals surface area contributed by atoms with Crippen LogP contribution in [0.15, 0.2) is 83.8 Å². The zero-order valence-electron chi connectivity index (χ0n) is 16.7. The third-order valence-electron chi connectivity index (χ3n) is 4.85. The summed E-state index contributed by atoms with van der Waals surface area (Å²) < 4.78 is 33.1. The maximum atomic E-state index is 13.5. The molecule has 0 spiro atoms. The second kappa shape index (κ2) is 9.43. The van der Waals surface area contributed by atoms with Crippen molar-refractivity contribution in [3.63, 3.8) is 0 Å². The van der Waals surface area contributed by atoms with Crippen LogP contribution >= 0.6 is 11.6 Å². The number of esters is 1. The molecule has 0 aliphatic rings. The fraction of sp³-hybridized carbons (Fsp3) is 0.174. The molecule has 0 aliphatic heterocycles. The third-order valence-corrected chi connectivity index (χ3v) is 7.03. The number of hydrogen-bond acceptors (Lipinski definition) is 4. The molecule has 0 amide bonds. The number of methoxy groups -OCH3 is 1. The predicted molar refractivity (Wildman–Crippen MR) is 117 cm³/mol. The van der Waals surface area contributed by atoms with Crippen molar-refractivity contribution < 1.29 is 17.9 Å². The Morgan fingerprint density at radius 2 is 1.57 bits per heavy atom. The summed E-state index contributed by atoms with van der Waals surface area (Å²) in [6.07, 6.45) is 0. The summed E-state index contributed by atoms with van der Waals surface area (Å²) in [5.74, 6) is -0.440. The summed E-state index contributed by atoms with van der Waals surface area (Å²) in [6, 6.07) is 21.9. The number of sulfonamides is 1. The van der Waals surface area contributed by atoms with Crippen molar-refractivity contribution >= 4 is 27.6 Å². The number of benzene rings is 3. The molecular formula is C23H22ClNO4S. The first-order valence-corrected chi connectivity index (χ1v) is 11.1. The molecule has 5 nitrogen and oxygen atoms in total. The largest absolute Gasteiger partial charge is 0.465 e. The van der Waals surface area contributed by atoms with Crippen LogP contribution in [0.25, 0.3) is 0 Å². The molecule has 1 unspecified atom stereocenters. The van der Waals surface area contributed by atoms with E-state index in [1.165, 1.54) is 23.5 Å². The predicted octanol–water partition coefficient (Wildman–Crippen LogP) is 5.08. The molecule has 0 aliphatic carbocycles. The summed E-state index contributed by atoms with van der Waals surface area (Å²) in [6.45, 7) is 1.99. The van der Waals surface area contributed by atoms with Crippen molar-refractivity contribution in [3.8, 4) is 0 Å². The van der Waals surface area contributed by atoms with Gasteiger partial charge in [-0.3, -0.25) is 0 Å². The van der Waals surface area contributed by atoms with Gasteiger partial charge >= 0.3 is 5.97 Å². The highest BCUT2D eigenvalue weighted by Gasteiger charge is 2.30. The van der Waals surface area contributed by atoms with Crippen LogP contribution in [0, 0.1) is 0 Å². The van der Waals surface area contributed by atoms with Crippen molar-refractivity contribution in [1.82, 2.24) is 4.31 Å². The van der Waals surface area contributed by atoms with Gasteiger partial charge in [-0.25, -0.2) is 13.2 Å². The Morgan fingerprint density at radius 3 is 2.13 bits per heavy atom. The molecular weight excluding hydrogens is 422 g/mol. The number of nitrogens with zero attached hydrogens (tertiary/aromatic N) is 1. The highest BCUT2D eigenvalue weighted by atomic mass is 35.5. The van der Waals surface area contributed by atoms with Gasteiger partial charge in [-0.2, -0.15) is 4.31 Å². The number of hydrogen-bond donors (Lipinski definition) is 0. The minimum atomic E-state index is -3.81. The average molecular weight is 444 g/mol. The lowest BCUT2D eigenvalue weighted by atomic mass is 10.1. The van der Waals surface area contributed by atoms with Crippen molar-refractivity contribution in [2.75, 3.05) is 7.11 Å². The number of carbonyl (C=O) groups excluding carboxylic acids is 1. The Labute approximate surface area is 181 Å². The fourth-order valence-electron chi connectivity index (χ4n) is 3.11. The molecule has 30 heavy (non-hydrogen) atoms. The van der Waals surface area contributed by atoms with Crippen molar-refractivity contribution in [3.05, 3.63) is 101 Å². The standard InChI is InChI=1S/C23H22ClNO4S/c1-17(19-6-4-3-5-7-19)25(30(27,28)22-14-12-21(24)13-15-22)16-18-8-10-20(11-9-18)23(26)29-2/h3-15,17H,16H2,1-2H3. The average Bonchev–Trinajstić information content (AvgIpc) is 2.77. The van der Waals surface area contributed by atoms with E-state index in [0.29, 0.717) is 10.6 Å². The zero-order chi connectivity index (χ0) is 21.7. The minimum Gasteiger partial charge on any atom is -0.465 e. The van der Waals surface area contributed by atoms with Gasteiger partial charge < -0.3 is 4.74 Å². The van der Waals surface area contributed by atoms with E-state index in [-0.39, 0.29) is 11.4 Å². The molecule has 0 aromatic heterocycles. The minimum absolute atomic E-state index is 0.141. The van der Waals surface area contributed by atoms with E-state index in [4.69, 9.17) is 16.3 Å². The highest BCUT2D eigenvalue weighted by molar-refractivity contribution is 7.89. The summed E-state index contributed by atoms with van der Waals surface area (Å²) in [5.41, 5.74) is 2.04. The molecule has 0 fully saturated rings. The fourth-order valence-corrected chi connectivity index (χ4v) is 4.85. The molecule has 0 radical (unpaired) electrons. The monoisotopic (exact) mass is 443 g/mol. The molecule has 7 heteroatoms. The van der Waals surface area contributed by atoms with Gasteiger partial charge in [0.2, 0.25) is 10.0 Å². The quantitative estimate of drug-likeness (QED) is 0.478. The Bertz CT molecular complexity index is 1100. The number of rotatable bonds is 7. The second-order valence-corrected chi connectivity index (χ2v) is 9.11. The maximum absolute atomic E-state index is 13.5. The van der Waals surface area contributed by atoms with Gasteiger partial charge in [0.25, 0.3) is 0 Å². The van der Waals surface area contributed by atoms with Crippen LogP contribution in [0.1, 0.15) is 34.5 Å². The van der Waals surface area contributed by atoms with Crippen LogP contribution in [0.4, 0.5) is 0 Å². The molecule has 0 saturated heterocycles. The van der Waals surface area contributed by atoms with Gasteiger partial charge in [-0.15, -0.1) is 0 Å². The van der Waals surface area contributed by atoms with Crippen LogP contribution in [-0.4, -0.2) is 25.8 Å². The zero-order valence-corrected chi connectivity index (χ0v) is 18.2. The van der Waals surface area contributed by atoms with Gasteiger partial charge in [0.1, 0.15) is 0 Å². The van der Waals surface area contributed by atoms with Crippen LogP contribution in [0.2, 0.25) is 5.02 Å². The van der Waals surface area contributed by atoms with Gasteiger partial charge in [0, 0.05) is 17.6 Å². The van der Waals surface area contributed by atoms with Crippen molar-refractivity contribution in [2.45, 2.75) is 24.4 Å². The van der Waals surface area contributed by atoms with Gasteiger partial charge in [-0.05, 0) is 54.4 Å². The normalized spacial score (nSPS) is 12.5. The van der Waals surface area contributed by atoms with Gasteiger partial charge in [-0.1, -0.05) is 54.1 Å². The van der Waals surface area contributed by atoms with E-state index in [1.807, 2.05) is 37.3 Å². The molecule has 3 aromatic carbocycles. The molecule has 1 atom stereocenters. The van der Waals surface area contributed by atoms with E-state index >= 15 is 0 Å². The summed E-state index contributed by atoms with van der Waals surface area (Å²) in [5, 5.41) is 0.468. The molecule has 156 valence electrons. The first-order chi connectivity index (χ1) is 14.3. The van der Waals surface area contributed by atoms with Crippen LogP contribution < -0.4 is 0 Å². The van der Waals surface area contributed by atoms with E-state index < -0.39 is 22.0 Å². The maximum Gasteiger partial charge on any atom is 0.337 e. The van der Waals surface area contributed by atoms with E-state index in [0.717, 1.165) is 11.1 Å². The lowest BCUT2D eigenvalue weighted by Gasteiger charge is -2.29. The molecule has 3 rings (SSSR count). The Kier molecular flexibility index (Phi) is 6.92. The SMILES string of the molecule is COC(=O)c1ccc(CN(C(C)c2ccccc2)S(=O)(=O)c2ccc(Cl)cc2)cc1. The topological polar surface area (TPSA) is 63.7 Å². The third kappa shape index (κ3) is 4.90. The lowest BCUT2D eigenvalue weighted by molar-refractivity contribution is 0.0600. The van der Waals surface area contributed by atoms with E-state index in [9.17, 15) is 13.2 Å².